The van der Waals surface area contributed by atoms with Crippen LogP contribution in [0.4, 0.5) is 0 Å². The molecule has 1 heterocycles. The number of esters is 1. The van der Waals surface area contributed by atoms with Gasteiger partial charge in [0.15, 0.2) is 12.4 Å². The maximum Gasteiger partial charge on any atom is 0.306 e. The van der Waals surface area contributed by atoms with Gasteiger partial charge < -0.3 is 45.1 Å². The van der Waals surface area contributed by atoms with E-state index in [0.29, 0.717) is 12.8 Å². The molecule has 8 atom stereocenters. The number of amides is 1. The maximum atomic E-state index is 13.5. The summed E-state index contributed by atoms with van der Waals surface area (Å²) in [5, 5.41) is 57.4. The summed E-state index contributed by atoms with van der Waals surface area (Å²) in [4.78, 5) is 26.7. The van der Waals surface area contributed by atoms with Crippen molar-refractivity contribution in [3.05, 3.63) is 85.1 Å². The van der Waals surface area contributed by atoms with E-state index in [1.165, 1.54) is 193 Å². The highest BCUT2D eigenvalue weighted by Crippen LogP contribution is 2.26. The first kappa shape index (κ1) is 83.9. The zero-order valence-electron chi connectivity index (χ0n) is 57.5. The molecule has 11 heteroatoms. The topological polar surface area (TPSA) is 175 Å². The van der Waals surface area contributed by atoms with Gasteiger partial charge in [-0.05, 0) is 103 Å². The van der Waals surface area contributed by atoms with Gasteiger partial charge in [0.2, 0.25) is 5.91 Å². The van der Waals surface area contributed by atoms with Gasteiger partial charge in [0.25, 0.3) is 0 Å². The number of rotatable bonds is 64. The first-order valence-electron chi connectivity index (χ1n) is 37.4. The van der Waals surface area contributed by atoms with E-state index < -0.39 is 67.4 Å². The third-order valence-corrected chi connectivity index (χ3v) is 17.3. The van der Waals surface area contributed by atoms with Crippen molar-refractivity contribution < 1.29 is 49.3 Å². The Morgan fingerprint density at radius 2 is 0.775 bits per heavy atom. The molecule has 1 amide bonds. The number of ether oxygens (including phenoxy) is 3. The molecule has 1 saturated heterocycles. The second-order valence-corrected chi connectivity index (χ2v) is 25.7. The van der Waals surface area contributed by atoms with Gasteiger partial charge in [0, 0.05) is 6.42 Å². The number of aliphatic hydroxyl groups is 5. The predicted octanol–water partition coefficient (Wildman–Crippen LogP) is 19.6. The number of allylic oxidation sites excluding steroid dienone is 13. The molecule has 1 aliphatic rings. The standard InChI is InChI=1S/C78H139NO10/c1-4-7-10-13-16-19-22-25-27-29-31-33-34-35-36-37-39-40-42-44-47-50-53-56-59-62-65-71(82)77(86)79-69(70(81)64-61-58-55-52-49-46-24-21-18-15-12-9-6-3)68-87-78-76(75(85)74(84)72(67-80)88-78)89-73(83)66-63-60-57-54-51-48-45-43-41-38-32-30-28-26-23-20-17-14-11-8-5-2/h16-17,19-20,25-28,31-33,38,61,64,69-72,74-76,78,80-82,84-85H,4-15,18,21-24,29-30,34-37,39-60,62-63,65-68H2,1-3H3,(H,79,86)/b19-16-,20-17-,27-25-,28-26-,33-31-,38-32-,64-61+. The lowest BCUT2D eigenvalue weighted by atomic mass is 9.99. The minimum absolute atomic E-state index is 0.113. The van der Waals surface area contributed by atoms with Gasteiger partial charge in [0.05, 0.1) is 25.4 Å². The Balaban J connectivity index is 2.56. The Morgan fingerprint density at radius 1 is 0.438 bits per heavy atom. The van der Waals surface area contributed by atoms with Crippen LogP contribution in [0.5, 0.6) is 0 Å². The van der Waals surface area contributed by atoms with Crippen LogP contribution in [0, 0.1) is 0 Å². The number of hydrogen-bond donors (Lipinski definition) is 6. The molecule has 0 radical (unpaired) electrons. The van der Waals surface area contributed by atoms with Gasteiger partial charge in [-0.3, -0.25) is 9.59 Å². The van der Waals surface area contributed by atoms with Crippen LogP contribution < -0.4 is 5.32 Å². The van der Waals surface area contributed by atoms with Gasteiger partial charge in [-0.15, -0.1) is 0 Å². The third-order valence-electron chi connectivity index (χ3n) is 17.3. The first-order chi connectivity index (χ1) is 43.7. The molecule has 0 saturated carbocycles. The lowest BCUT2D eigenvalue weighted by molar-refractivity contribution is -0.305. The van der Waals surface area contributed by atoms with E-state index in [9.17, 15) is 35.1 Å². The second kappa shape index (κ2) is 64.9. The van der Waals surface area contributed by atoms with E-state index in [0.717, 1.165) is 96.3 Å². The van der Waals surface area contributed by atoms with Crippen molar-refractivity contribution in [3.8, 4) is 0 Å². The fourth-order valence-electron chi connectivity index (χ4n) is 11.4. The summed E-state index contributed by atoms with van der Waals surface area (Å²) in [6.45, 7) is 5.77. The maximum absolute atomic E-state index is 13.5. The van der Waals surface area contributed by atoms with Crippen LogP contribution in [0.25, 0.3) is 0 Å². The average Bonchev–Trinajstić information content (AvgIpc) is 3.11. The van der Waals surface area contributed by atoms with E-state index in [1.54, 1.807) is 6.08 Å². The zero-order chi connectivity index (χ0) is 64.6. The number of aliphatic hydroxyl groups excluding tert-OH is 5. The minimum atomic E-state index is -1.62. The summed E-state index contributed by atoms with van der Waals surface area (Å²) >= 11 is 0. The molecule has 11 nitrogen and oxygen atoms in total. The Hall–Kier alpha value is -3.16. The van der Waals surface area contributed by atoms with Crippen molar-refractivity contribution >= 4 is 11.9 Å². The normalized spacial score (nSPS) is 18.6. The van der Waals surface area contributed by atoms with Crippen LogP contribution in [0.1, 0.15) is 335 Å². The van der Waals surface area contributed by atoms with Crippen LogP contribution in [0.3, 0.4) is 0 Å². The molecule has 0 aromatic rings. The van der Waals surface area contributed by atoms with Crippen LogP contribution in [0.2, 0.25) is 0 Å². The molecular formula is C78H139NO10. The highest BCUT2D eigenvalue weighted by Gasteiger charge is 2.47. The molecule has 1 fully saturated rings. The summed E-state index contributed by atoms with van der Waals surface area (Å²) in [6, 6.07) is -1.03. The van der Waals surface area contributed by atoms with Crippen LogP contribution in [-0.4, -0.2) is 99.6 Å². The summed E-state index contributed by atoms with van der Waals surface area (Å²) < 4.78 is 17.7. The molecule has 8 unspecified atom stereocenters. The van der Waals surface area contributed by atoms with Crippen LogP contribution >= 0.6 is 0 Å². The minimum Gasteiger partial charge on any atom is -0.454 e. The number of hydrogen-bond acceptors (Lipinski definition) is 10. The summed E-state index contributed by atoms with van der Waals surface area (Å²) in [5.74, 6) is -1.20. The quantitative estimate of drug-likeness (QED) is 0.0195. The van der Waals surface area contributed by atoms with Gasteiger partial charge in [-0.25, -0.2) is 0 Å². The molecule has 0 spiro atoms. The van der Waals surface area contributed by atoms with Crippen molar-refractivity contribution in [1.82, 2.24) is 5.32 Å². The first-order valence-corrected chi connectivity index (χ1v) is 37.4. The highest BCUT2D eigenvalue weighted by atomic mass is 16.7. The number of carbonyl (C=O) groups is 2. The molecular weight excluding hydrogens is 1110 g/mol. The summed E-state index contributed by atoms with van der Waals surface area (Å²) in [5.41, 5.74) is 0. The summed E-state index contributed by atoms with van der Waals surface area (Å²) in [7, 11) is 0. The van der Waals surface area contributed by atoms with Crippen molar-refractivity contribution in [1.29, 1.82) is 0 Å². The second-order valence-electron chi connectivity index (χ2n) is 25.7. The molecule has 89 heavy (non-hydrogen) atoms. The lowest BCUT2D eigenvalue weighted by Gasteiger charge is -2.41. The van der Waals surface area contributed by atoms with Gasteiger partial charge in [-0.1, -0.05) is 311 Å². The van der Waals surface area contributed by atoms with Crippen molar-refractivity contribution in [2.24, 2.45) is 0 Å². The van der Waals surface area contributed by atoms with Crippen molar-refractivity contribution in [2.45, 2.75) is 384 Å². The van der Waals surface area contributed by atoms with Gasteiger partial charge >= 0.3 is 5.97 Å². The van der Waals surface area contributed by atoms with E-state index in [-0.39, 0.29) is 19.4 Å². The Morgan fingerprint density at radius 3 is 1.18 bits per heavy atom. The SMILES string of the molecule is CCCCC/C=C\C/C=C\C/C=C\CCCCCCCCCCCCCCCC(O)C(=O)NC(COC1OC(CO)C(O)C(O)C1OC(=O)CCCCCCCCCC/C=C\C/C=C\C/C=C\CCCCC)C(O)/C=C/CCCCCCCCCCCCC. The largest absolute Gasteiger partial charge is 0.454 e. The lowest BCUT2D eigenvalue weighted by Crippen LogP contribution is -2.61. The molecule has 1 aliphatic heterocycles. The molecule has 516 valence electrons. The van der Waals surface area contributed by atoms with Gasteiger partial charge in [-0.2, -0.15) is 0 Å². The predicted molar refractivity (Wildman–Crippen MR) is 375 cm³/mol. The van der Waals surface area contributed by atoms with E-state index in [2.05, 4.69) is 99.0 Å². The third kappa shape index (κ3) is 52.0. The molecule has 0 bridgehead atoms. The molecule has 0 aromatic carbocycles. The smallest absolute Gasteiger partial charge is 0.306 e. The molecule has 1 rings (SSSR count). The monoisotopic (exact) mass is 1250 g/mol. The Labute approximate surface area is 546 Å². The van der Waals surface area contributed by atoms with Gasteiger partial charge in [0.1, 0.15) is 24.4 Å². The Kier molecular flexibility index (Phi) is 61.2. The van der Waals surface area contributed by atoms with Crippen molar-refractivity contribution in [3.63, 3.8) is 0 Å². The molecule has 0 aromatic heterocycles. The fraction of sp³-hybridized carbons (Fsp3) is 0.795. The molecule has 0 aliphatic carbocycles. The average molecular weight is 1250 g/mol. The van der Waals surface area contributed by atoms with Crippen LogP contribution in [-0.2, 0) is 23.8 Å². The highest BCUT2D eigenvalue weighted by molar-refractivity contribution is 5.80. The summed E-state index contributed by atoms with van der Waals surface area (Å²) in [6.07, 6.45) is 76.1. The Bertz CT molecular complexity index is 1780. The van der Waals surface area contributed by atoms with E-state index >= 15 is 0 Å². The van der Waals surface area contributed by atoms with E-state index in [1.807, 2.05) is 6.08 Å². The number of unbranched alkanes of at least 4 members (excludes halogenated alkanes) is 38. The number of carbonyl (C=O) groups excluding carboxylic acids is 2. The fourth-order valence-corrected chi connectivity index (χ4v) is 11.4. The van der Waals surface area contributed by atoms with E-state index in [4.69, 9.17) is 14.2 Å². The van der Waals surface area contributed by atoms with Crippen LogP contribution in [0.15, 0.2) is 85.1 Å². The zero-order valence-corrected chi connectivity index (χ0v) is 57.5. The number of nitrogens with one attached hydrogen (secondary N) is 1. The van der Waals surface area contributed by atoms with Crippen molar-refractivity contribution in [2.75, 3.05) is 13.2 Å². The molecule has 6 N–H and O–H groups in total.